The lowest BCUT2D eigenvalue weighted by atomic mass is 10.1. The molecule has 0 aliphatic rings. The molecular weight excluding hydrogens is 414 g/mol. The van der Waals surface area contributed by atoms with Gasteiger partial charge in [0.15, 0.2) is 0 Å². The van der Waals surface area contributed by atoms with Gasteiger partial charge in [0.2, 0.25) is 17.7 Å². The van der Waals surface area contributed by atoms with Crippen molar-refractivity contribution in [3.8, 4) is 0 Å². The Balaban J connectivity index is 5.31. The fraction of sp³-hybridized carbons (Fsp3) is 0.722. The first-order valence-electron chi connectivity index (χ1n) is 9.90. The van der Waals surface area contributed by atoms with E-state index in [0.29, 0.717) is 19.4 Å². The zero-order valence-corrected chi connectivity index (χ0v) is 17.7. The molecule has 0 saturated carbocycles. The van der Waals surface area contributed by atoms with Crippen molar-refractivity contribution in [2.45, 2.75) is 76.2 Å². The van der Waals surface area contributed by atoms with Crippen LogP contribution in [0.2, 0.25) is 0 Å². The summed E-state index contributed by atoms with van der Waals surface area (Å²) in [6, 6.07) is -5.09. The standard InChI is InChI=1S/C18H33N5O8/c1-9(20)15(27)21-11(6-7-13(25)26)16(28)23-14(10(2)24)17(29)22-12(18(30)31)5-3-4-8-19/h9-12,14,24H,3-8,19-20H2,1-2H3,(H,21,27)(H,22,29)(H,23,28)(H,25,26)(H,30,31). The molecule has 5 atom stereocenters. The summed E-state index contributed by atoms with van der Waals surface area (Å²) in [4.78, 5) is 59.1. The lowest BCUT2D eigenvalue weighted by molar-refractivity contribution is -0.143. The number of nitrogens with two attached hydrogens (primary N) is 2. The number of amides is 3. The Labute approximate surface area is 179 Å². The van der Waals surface area contributed by atoms with Gasteiger partial charge in [-0.05, 0) is 46.1 Å². The molecule has 0 radical (unpaired) electrons. The topological polar surface area (TPSA) is 234 Å². The van der Waals surface area contributed by atoms with Crippen LogP contribution in [-0.4, -0.2) is 81.8 Å². The van der Waals surface area contributed by atoms with Crippen LogP contribution in [0.25, 0.3) is 0 Å². The molecule has 31 heavy (non-hydrogen) atoms. The zero-order chi connectivity index (χ0) is 24.1. The third-order valence-corrected chi connectivity index (χ3v) is 4.32. The minimum absolute atomic E-state index is 0.102. The molecule has 13 nitrogen and oxygen atoms in total. The fourth-order valence-corrected chi connectivity index (χ4v) is 2.51. The van der Waals surface area contributed by atoms with E-state index in [2.05, 4.69) is 16.0 Å². The summed E-state index contributed by atoms with van der Waals surface area (Å²) in [5, 5.41) is 34.8. The quantitative estimate of drug-likeness (QED) is 0.120. The van der Waals surface area contributed by atoms with E-state index in [0.717, 1.165) is 0 Å². The number of carbonyl (C=O) groups is 5. The van der Waals surface area contributed by atoms with Gasteiger partial charge in [-0.1, -0.05) is 0 Å². The van der Waals surface area contributed by atoms with E-state index in [-0.39, 0.29) is 12.8 Å². The molecule has 0 heterocycles. The monoisotopic (exact) mass is 447 g/mol. The van der Waals surface area contributed by atoms with Crippen LogP contribution >= 0.6 is 0 Å². The molecule has 0 bridgehead atoms. The molecule has 10 N–H and O–H groups in total. The van der Waals surface area contributed by atoms with Gasteiger partial charge in [-0.15, -0.1) is 0 Å². The number of hydrogen-bond donors (Lipinski definition) is 8. The fourth-order valence-electron chi connectivity index (χ4n) is 2.51. The molecule has 5 unspecified atom stereocenters. The Morgan fingerprint density at radius 3 is 1.87 bits per heavy atom. The second-order valence-corrected chi connectivity index (χ2v) is 7.19. The second kappa shape index (κ2) is 14.3. The molecule has 0 aliphatic heterocycles. The van der Waals surface area contributed by atoms with Gasteiger partial charge in [0.25, 0.3) is 0 Å². The Morgan fingerprint density at radius 2 is 1.42 bits per heavy atom. The summed E-state index contributed by atoms with van der Waals surface area (Å²) in [6.45, 7) is 2.93. The van der Waals surface area contributed by atoms with E-state index >= 15 is 0 Å². The summed E-state index contributed by atoms with van der Waals surface area (Å²) < 4.78 is 0. The number of aliphatic hydroxyl groups excluding tert-OH is 1. The van der Waals surface area contributed by atoms with Gasteiger partial charge in [-0.3, -0.25) is 19.2 Å². The number of rotatable bonds is 15. The first-order chi connectivity index (χ1) is 14.4. The lowest BCUT2D eigenvalue weighted by Crippen LogP contribution is -2.59. The van der Waals surface area contributed by atoms with Crippen molar-refractivity contribution < 1.29 is 39.3 Å². The first kappa shape index (κ1) is 28.2. The zero-order valence-electron chi connectivity index (χ0n) is 17.7. The van der Waals surface area contributed by atoms with Crippen LogP contribution in [-0.2, 0) is 24.0 Å². The van der Waals surface area contributed by atoms with Crippen molar-refractivity contribution in [1.82, 2.24) is 16.0 Å². The highest BCUT2D eigenvalue weighted by molar-refractivity contribution is 5.94. The highest BCUT2D eigenvalue weighted by atomic mass is 16.4. The van der Waals surface area contributed by atoms with Crippen LogP contribution in [0.1, 0.15) is 46.0 Å². The molecule has 0 rings (SSSR count). The van der Waals surface area contributed by atoms with Gasteiger partial charge in [0.05, 0.1) is 12.1 Å². The van der Waals surface area contributed by atoms with Gasteiger partial charge >= 0.3 is 11.9 Å². The SMILES string of the molecule is CC(N)C(=O)NC(CCC(=O)O)C(=O)NC(C(=O)NC(CCCCN)C(=O)O)C(C)O. The lowest BCUT2D eigenvalue weighted by Gasteiger charge is -2.26. The first-order valence-corrected chi connectivity index (χ1v) is 9.90. The maximum atomic E-state index is 12.6. The number of hydrogen-bond acceptors (Lipinski definition) is 8. The molecule has 0 aromatic heterocycles. The average molecular weight is 447 g/mol. The summed E-state index contributed by atoms with van der Waals surface area (Å²) in [5.74, 6) is -5.08. The van der Waals surface area contributed by atoms with Gasteiger partial charge < -0.3 is 42.7 Å². The van der Waals surface area contributed by atoms with Crippen molar-refractivity contribution in [1.29, 1.82) is 0 Å². The van der Waals surface area contributed by atoms with Crippen molar-refractivity contribution in [2.75, 3.05) is 6.54 Å². The van der Waals surface area contributed by atoms with Gasteiger partial charge in [0, 0.05) is 6.42 Å². The minimum atomic E-state index is -1.54. The van der Waals surface area contributed by atoms with Gasteiger partial charge in [0.1, 0.15) is 18.1 Å². The highest BCUT2D eigenvalue weighted by Crippen LogP contribution is 2.05. The van der Waals surface area contributed by atoms with E-state index < -0.39 is 66.4 Å². The molecule has 13 heteroatoms. The van der Waals surface area contributed by atoms with Gasteiger partial charge in [-0.2, -0.15) is 0 Å². The van der Waals surface area contributed by atoms with E-state index in [1.807, 2.05) is 0 Å². The van der Waals surface area contributed by atoms with E-state index in [1.165, 1.54) is 13.8 Å². The smallest absolute Gasteiger partial charge is 0.326 e. The normalized spacial score (nSPS) is 15.6. The third kappa shape index (κ3) is 11.3. The van der Waals surface area contributed by atoms with Crippen molar-refractivity contribution in [2.24, 2.45) is 11.5 Å². The number of aliphatic hydroxyl groups is 1. The number of carboxylic acids is 2. The molecule has 0 saturated heterocycles. The van der Waals surface area contributed by atoms with E-state index in [1.54, 1.807) is 0 Å². The largest absolute Gasteiger partial charge is 0.481 e. The summed E-state index contributed by atoms with van der Waals surface area (Å²) >= 11 is 0. The summed E-state index contributed by atoms with van der Waals surface area (Å²) in [7, 11) is 0. The number of carboxylic acid groups (broad SMARTS) is 2. The van der Waals surface area contributed by atoms with Crippen LogP contribution in [0.3, 0.4) is 0 Å². The highest BCUT2D eigenvalue weighted by Gasteiger charge is 2.32. The number of nitrogens with one attached hydrogen (secondary N) is 3. The molecule has 0 aliphatic carbocycles. The van der Waals surface area contributed by atoms with Crippen molar-refractivity contribution >= 4 is 29.7 Å². The van der Waals surface area contributed by atoms with Gasteiger partial charge in [-0.25, -0.2) is 4.79 Å². The van der Waals surface area contributed by atoms with Crippen LogP contribution in [0.5, 0.6) is 0 Å². The number of aliphatic carboxylic acids is 2. The molecule has 0 aromatic rings. The van der Waals surface area contributed by atoms with Crippen molar-refractivity contribution in [3.05, 3.63) is 0 Å². The van der Waals surface area contributed by atoms with Crippen LogP contribution in [0, 0.1) is 0 Å². The Hall–Kier alpha value is -2.77. The van der Waals surface area contributed by atoms with Crippen LogP contribution < -0.4 is 27.4 Å². The number of unbranched alkanes of at least 4 members (excludes halogenated alkanes) is 1. The Bertz CT molecular complexity index is 640. The molecular formula is C18H33N5O8. The minimum Gasteiger partial charge on any atom is -0.481 e. The maximum absolute atomic E-state index is 12.6. The molecule has 3 amide bonds. The predicted molar refractivity (Wildman–Crippen MR) is 109 cm³/mol. The molecule has 0 fully saturated rings. The molecule has 0 aromatic carbocycles. The summed E-state index contributed by atoms with van der Waals surface area (Å²) in [5.41, 5.74) is 10.8. The van der Waals surface area contributed by atoms with Crippen LogP contribution in [0.4, 0.5) is 0 Å². The molecule has 0 spiro atoms. The van der Waals surface area contributed by atoms with Crippen molar-refractivity contribution in [3.63, 3.8) is 0 Å². The third-order valence-electron chi connectivity index (χ3n) is 4.32. The Kier molecular flexibility index (Phi) is 13.0. The average Bonchev–Trinajstić information content (AvgIpc) is 2.67. The van der Waals surface area contributed by atoms with Crippen LogP contribution in [0.15, 0.2) is 0 Å². The predicted octanol–water partition coefficient (Wildman–Crippen LogP) is -2.75. The van der Waals surface area contributed by atoms with E-state index in [4.69, 9.17) is 16.6 Å². The second-order valence-electron chi connectivity index (χ2n) is 7.19. The Morgan fingerprint density at radius 1 is 0.839 bits per heavy atom. The summed E-state index contributed by atoms with van der Waals surface area (Å²) in [6.07, 6.45) is -1.05. The molecule has 178 valence electrons. The van der Waals surface area contributed by atoms with E-state index in [9.17, 15) is 34.2 Å². The maximum Gasteiger partial charge on any atom is 0.326 e. The number of carbonyl (C=O) groups excluding carboxylic acids is 3.